The molecule has 0 aromatic carbocycles. The molecule has 2 heterocycles. The molecule has 0 radical (unpaired) electrons. The van der Waals surface area contributed by atoms with Crippen LogP contribution in [0.1, 0.15) is 6.92 Å². The Hall–Kier alpha value is -1.82. The summed E-state index contributed by atoms with van der Waals surface area (Å²) in [5.74, 6) is 0.508. The number of anilines is 2. The Bertz CT molecular complexity index is 450. The molecule has 0 aliphatic heterocycles. The first-order chi connectivity index (χ1) is 6.68. The molecular formula is C8H11N5O. The van der Waals surface area contributed by atoms with Crippen molar-refractivity contribution in [2.45, 2.75) is 13.2 Å². The Morgan fingerprint density at radius 1 is 1.64 bits per heavy atom. The van der Waals surface area contributed by atoms with Crippen LogP contribution >= 0.6 is 0 Å². The van der Waals surface area contributed by atoms with Gasteiger partial charge < -0.3 is 16.2 Å². The third kappa shape index (κ3) is 1.35. The van der Waals surface area contributed by atoms with Gasteiger partial charge in [-0.15, -0.1) is 0 Å². The molecule has 2 aromatic rings. The van der Waals surface area contributed by atoms with Crippen LogP contribution in [0.15, 0.2) is 18.5 Å². The van der Waals surface area contributed by atoms with Crippen LogP contribution in [0.5, 0.6) is 0 Å². The van der Waals surface area contributed by atoms with Crippen molar-refractivity contribution >= 4 is 17.2 Å². The molecule has 6 heteroatoms. The zero-order chi connectivity index (χ0) is 10.1. The average molecular weight is 193 g/mol. The van der Waals surface area contributed by atoms with Gasteiger partial charge >= 0.3 is 0 Å². The van der Waals surface area contributed by atoms with E-state index in [1.54, 1.807) is 25.4 Å². The van der Waals surface area contributed by atoms with Crippen LogP contribution in [0, 0.1) is 0 Å². The number of aliphatic hydroxyl groups excluding tert-OH is 1. The minimum absolute atomic E-state index is 0.508. The number of fused-ring (bicyclic) bond motifs is 1. The maximum absolute atomic E-state index is 9.15. The quantitative estimate of drug-likeness (QED) is 0.587. The predicted molar refractivity (Wildman–Crippen MR) is 52.7 cm³/mol. The maximum atomic E-state index is 9.15. The highest BCUT2D eigenvalue weighted by molar-refractivity contribution is 5.68. The van der Waals surface area contributed by atoms with Crippen molar-refractivity contribution in [3.8, 4) is 0 Å². The molecule has 0 fully saturated rings. The van der Waals surface area contributed by atoms with Gasteiger partial charge in [0, 0.05) is 6.20 Å². The fourth-order valence-electron chi connectivity index (χ4n) is 1.24. The Morgan fingerprint density at radius 3 is 3.14 bits per heavy atom. The molecular weight excluding hydrogens is 182 g/mol. The van der Waals surface area contributed by atoms with Gasteiger partial charge in [-0.1, -0.05) is 0 Å². The summed E-state index contributed by atoms with van der Waals surface area (Å²) in [5.41, 5.74) is 6.93. The molecule has 6 nitrogen and oxygen atoms in total. The number of aromatic nitrogens is 3. The lowest BCUT2D eigenvalue weighted by Gasteiger charge is -2.06. The van der Waals surface area contributed by atoms with Gasteiger partial charge in [-0.3, -0.25) is 0 Å². The van der Waals surface area contributed by atoms with Crippen molar-refractivity contribution in [3.63, 3.8) is 0 Å². The van der Waals surface area contributed by atoms with Crippen LogP contribution in [-0.4, -0.2) is 25.9 Å². The van der Waals surface area contributed by atoms with Crippen molar-refractivity contribution in [3.05, 3.63) is 18.5 Å². The summed E-state index contributed by atoms with van der Waals surface area (Å²) >= 11 is 0. The SMILES string of the molecule is CC(O)Nc1cnn2c(N)ccnc12. The molecule has 0 aliphatic carbocycles. The topological polar surface area (TPSA) is 88.5 Å². The van der Waals surface area contributed by atoms with E-state index in [1.165, 1.54) is 4.52 Å². The van der Waals surface area contributed by atoms with E-state index >= 15 is 0 Å². The van der Waals surface area contributed by atoms with E-state index in [0.29, 0.717) is 17.2 Å². The van der Waals surface area contributed by atoms with E-state index in [9.17, 15) is 0 Å². The normalized spacial score (nSPS) is 13.0. The molecule has 4 N–H and O–H groups in total. The lowest BCUT2D eigenvalue weighted by atomic mass is 10.5. The highest BCUT2D eigenvalue weighted by Gasteiger charge is 2.07. The van der Waals surface area contributed by atoms with Gasteiger partial charge in [-0.2, -0.15) is 9.61 Å². The van der Waals surface area contributed by atoms with Gasteiger partial charge in [0.2, 0.25) is 0 Å². The third-order valence-electron chi connectivity index (χ3n) is 1.79. The Morgan fingerprint density at radius 2 is 2.43 bits per heavy atom. The Balaban J connectivity index is 2.52. The Labute approximate surface area is 80.4 Å². The summed E-state index contributed by atoms with van der Waals surface area (Å²) in [7, 11) is 0. The molecule has 0 aliphatic rings. The zero-order valence-electron chi connectivity index (χ0n) is 7.68. The summed E-state index contributed by atoms with van der Waals surface area (Å²) in [6.45, 7) is 1.62. The first-order valence-electron chi connectivity index (χ1n) is 4.21. The van der Waals surface area contributed by atoms with Crippen LogP contribution < -0.4 is 11.1 Å². The molecule has 74 valence electrons. The minimum atomic E-state index is -0.647. The van der Waals surface area contributed by atoms with Gasteiger partial charge in [0.1, 0.15) is 17.7 Å². The lowest BCUT2D eigenvalue weighted by molar-refractivity contribution is 0.224. The highest BCUT2D eigenvalue weighted by atomic mass is 16.3. The first kappa shape index (κ1) is 8.76. The fourth-order valence-corrected chi connectivity index (χ4v) is 1.24. The number of nitrogens with two attached hydrogens (primary N) is 1. The van der Waals surface area contributed by atoms with Crippen molar-refractivity contribution in [1.82, 2.24) is 14.6 Å². The molecule has 0 saturated heterocycles. The van der Waals surface area contributed by atoms with E-state index in [4.69, 9.17) is 10.8 Å². The van der Waals surface area contributed by atoms with E-state index < -0.39 is 6.23 Å². The monoisotopic (exact) mass is 193 g/mol. The first-order valence-corrected chi connectivity index (χ1v) is 4.21. The molecule has 0 bridgehead atoms. The third-order valence-corrected chi connectivity index (χ3v) is 1.79. The second-order valence-corrected chi connectivity index (χ2v) is 2.98. The summed E-state index contributed by atoms with van der Waals surface area (Å²) in [4.78, 5) is 4.10. The van der Waals surface area contributed by atoms with Gasteiger partial charge in [0.05, 0.1) is 6.20 Å². The maximum Gasteiger partial charge on any atom is 0.180 e. The molecule has 1 unspecified atom stereocenters. The van der Waals surface area contributed by atoms with E-state index in [2.05, 4.69) is 15.4 Å². The van der Waals surface area contributed by atoms with Crippen molar-refractivity contribution in [2.75, 3.05) is 11.1 Å². The van der Waals surface area contributed by atoms with Gasteiger partial charge in [-0.05, 0) is 13.0 Å². The standard InChI is InChI=1S/C8H11N5O/c1-5(14)12-6-4-11-13-7(9)2-3-10-8(6)13/h2-5,12,14H,9H2,1H3. The largest absolute Gasteiger partial charge is 0.384 e. The van der Waals surface area contributed by atoms with Gasteiger partial charge in [-0.25, -0.2) is 4.98 Å². The smallest absolute Gasteiger partial charge is 0.180 e. The number of hydrogen-bond acceptors (Lipinski definition) is 5. The Kier molecular flexibility index (Phi) is 1.97. The average Bonchev–Trinajstić information content (AvgIpc) is 2.49. The fraction of sp³-hybridized carbons (Fsp3) is 0.250. The van der Waals surface area contributed by atoms with E-state index in [-0.39, 0.29) is 0 Å². The molecule has 2 aromatic heterocycles. The lowest BCUT2D eigenvalue weighted by Crippen LogP contribution is -2.13. The summed E-state index contributed by atoms with van der Waals surface area (Å²) in [6, 6.07) is 1.66. The van der Waals surface area contributed by atoms with Crippen LogP contribution in [0.3, 0.4) is 0 Å². The summed E-state index contributed by atoms with van der Waals surface area (Å²) in [6.07, 6.45) is 2.52. The molecule has 0 spiro atoms. The zero-order valence-corrected chi connectivity index (χ0v) is 7.68. The number of nitrogen functional groups attached to an aromatic ring is 1. The molecule has 2 rings (SSSR count). The summed E-state index contributed by atoms with van der Waals surface area (Å²) < 4.78 is 1.50. The van der Waals surface area contributed by atoms with Crippen LogP contribution in [0.25, 0.3) is 5.65 Å². The van der Waals surface area contributed by atoms with Gasteiger partial charge in [0.25, 0.3) is 0 Å². The number of rotatable bonds is 2. The van der Waals surface area contributed by atoms with Gasteiger partial charge in [0.15, 0.2) is 5.65 Å². The van der Waals surface area contributed by atoms with E-state index in [1.807, 2.05) is 0 Å². The van der Waals surface area contributed by atoms with Crippen molar-refractivity contribution in [1.29, 1.82) is 0 Å². The molecule has 1 atom stereocenters. The van der Waals surface area contributed by atoms with Crippen molar-refractivity contribution < 1.29 is 5.11 Å². The molecule has 0 amide bonds. The van der Waals surface area contributed by atoms with Crippen molar-refractivity contribution in [2.24, 2.45) is 0 Å². The number of nitrogens with zero attached hydrogens (tertiary/aromatic N) is 3. The molecule has 0 saturated carbocycles. The second-order valence-electron chi connectivity index (χ2n) is 2.98. The van der Waals surface area contributed by atoms with Crippen LogP contribution in [-0.2, 0) is 0 Å². The predicted octanol–water partition coefficient (Wildman–Crippen LogP) is 0.0617. The number of nitrogens with one attached hydrogen (secondary N) is 1. The van der Waals surface area contributed by atoms with Crippen LogP contribution in [0.4, 0.5) is 11.5 Å². The van der Waals surface area contributed by atoms with Crippen LogP contribution in [0.2, 0.25) is 0 Å². The second kappa shape index (κ2) is 3.15. The highest BCUT2D eigenvalue weighted by Crippen LogP contribution is 2.16. The minimum Gasteiger partial charge on any atom is -0.384 e. The molecule has 14 heavy (non-hydrogen) atoms. The number of aliphatic hydroxyl groups is 1. The summed E-state index contributed by atoms with van der Waals surface area (Å²) in [5, 5.41) is 16.0. The van der Waals surface area contributed by atoms with E-state index in [0.717, 1.165) is 0 Å². The number of hydrogen-bond donors (Lipinski definition) is 3.